The number of nitrogens with two attached hydrogens (primary N) is 1. The first kappa shape index (κ1) is 14.3. The fourth-order valence-corrected chi connectivity index (χ4v) is 2.80. The molecule has 1 heterocycles. The summed E-state index contributed by atoms with van der Waals surface area (Å²) in [4.78, 5) is 1.47. The van der Waals surface area contributed by atoms with Gasteiger partial charge in [0.25, 0.3) is 0 Å². The van der Waals surface area contributed by atoms with E-state index < -0.39 is 12.7 Å². The molecule has 1 aliphatic rings. The van der Waals surface area contributed by atoms with Crippen molar-refractivity contribution in [2.45, 2.75) is 24.4 Å². The van der Waals surface area contributed by atoms with Crippen molar-refractivity contribution >= 4 is 0 Å². The lowest BCUT2D eigenvalue weighted by atomic mass is 9.73. The predicted molar refractivity (Wildman–Crippen MR) is 68.9 cm³/mol. The maximum absolute atomic E-state index is 12.4. The van der Waals surface area contributed by atoms with Crippen LogP contribution in [0.25, 0.3) is 0 Å². The third-order valence-electron chi connectivity index (χ3n) is 3.99. The molecule has 1 aliphatic heterocycles. The van der Waals surface area contributed by atoms with Crippen molar-refractivity contribution in [1.29, 1.82) is 0 Å². The van der Waals surface area contributed by atoms with Gasteiger partial charge in [0.05, 0.1) is 6.54 Å². The van der Waals surface area contributed by atoms with Crippen LogP contribution in [0.15, 0.2) is 30.3 Å². The van der Waals surface area contributed by atoms with Crippen molar-refractivity contribution in [1.82, 2.24) is 4.90 Å². The Kier molecular flexibility index (Phi) is 4.16. The van der Waals surface area contributed by atoms with Gasteiger partial charge < -0.3 is 5.73 Å². The Labute approximate surface area is 111 Å². The number of rotatable bonds is 3. The summed E-state index contributed by atoms with van der Waals surface area (Å²) in [6.07, 6.45) is -2.75. The average molecular weight is 272 g/mol. The van der Waals surface area contributed by atoms with Crippen LogP contribution in [0.2, 0.25) is 0 Å². The van der Waals surface area contributed by atoms with Crippen molar-refractivity contribution in [3.8, 4) is 0 Å². The molecule has 0 aliphatic carbocycles. The lowest BCUT2D eigenvalue weighted by Gasteiger charge is -2.41. The molecule has 0 aromatic heterocycles. The molecule has 0 bridgehead atoms. The molecule has 2 N–H and O–H groups in total. The second-order valence-corrected chi connectivity index (χ2v) is 5.24. The van der Waals surface area contributed by atoms with Crippen LogP contribution in [0, 0.1) is 0 Å². The first-order valence-corrected chi connectivity index (χ1v) is 6.50. The number of benzene rings is 1. The van der Waals surface area contributed by atoms with Gasteiger partial charge in [-0.05, 0) is 31.5 Å². The molecule has 1 saturated heterocycles. The third-order valence-corrected chi connectivity index (χ3v) is 3.99. The molecule has 19 heavy (non-hydrogen) atoms. The van der Waals surface area contributed by atoms with Gasteiger partial charge in [0.2, 0.25) is 0 Å². The molecular formula is C14H19F3N2. The summed E-state index contributed by atoms with van der Waals surface area (Å²) in [7, 11) is 0. The van der Waals surface area contributed by atoms with Gasteiger partial charge in [-0.25, -0.2) is 0 Å². The van der Waals surface area contributed by atoms with E-state index in [4.69, 9.17) is 5.73 Å². The molecule has 0 atom stereocenters. The molecule has 0 spiro atoms. The van der Waals surface area contributed by atoms with Crippen LogP contribution >= 0.6 is 0 Å². The molecule has 0 saturated carbocycles. The zero-order valence-electron chi connectivity index (χ0n) is 10.8. The number of likely N-dealkylation sites (tertiary alicyclic amines) is 1. The fourth-order valence-electron chi connectivity index (χ4n) is 2.80. The van der Waals surface area contributed by atoms with Gasteiger partial charge in [-0.1, -0.05) is 30.3 Å². The second-order valence-electron chi connectivity index (χ2n) is 5.24. The van der Waals surface area contributed by atoms with Crippen LogP contribution in [0.4, 0.5) is 13.2 Å². The molecule has 1 aromatic carbocycles. The van der Waals surface area contributed by atoms with E-state index in [1.165, 1.54) is 4.90 Å². The summed E-state index contributed by atoms with van der Waals surface area (Å²) in [6, 6.07) is 9.88. The first-order chi connectivity index (χ1) is 8.95. The van der Waals surface area contributed by atoms with Gasteiger partial charge >= 0.3 is 6.18 Å². The normalized spacial score (nSPS) is 20.4. The monoisotopic (exact) mass is 272 g/mol. The van der Waals surface area contributed by atoms with Crippen molar-refractivity contribution in [3.05, 3.63) is 35.9 Å². The fraction of sp³-hybridized carbons (Fsp3) is 0.571. The minimum atomic E-state index is -4.12. The van der Waals surface area contributed by atoms with Crippen molar-refractivity contribution in [3.63, 3.8) is 0 Å². The molecule has 0 unspecified atom stereocenters. The second kappa shape index (κ2) is 5.51. The maximum Gasteiger partial charge on any atom is 0.401 e. The van der Waals surface area contributed by atoms with Crippen LogP contribution in [0.5, 0.6) is 0 Å². The Bertz CT molecular complexity index is 395. The van der Waals surface area contributed by atoms with Crippen LogP contribution in [-0.4, -0.2) is 37.3 Å². The highest BCUT2D eigenvalue weighted by Crippen LogP contribution is 2.35. The van der Waals surface area contributed by atoms with Crippen LogP contribution < -0.4 is 5.73 Å². The van der Waals surface area contributed by atoms with E-state index in [1.807, 2.05) is 30.3 Å². The molecule has 0 amide bonds. The number of piperidine rings is 1. The quantitative estimate of drug-likeness (QED) is 0.916. The lowest BCUT2D eigenvalue weighted by Crippen LogP contribution is -2.48. The Morgan fingerprint density at radius 2 is 1.68 bits per heavy atom. The minimum absolute atomic E-state index is 0.163. The van der Waals surface area contributed by atoms with E-state index in [0.717, 1.165) is 5.56 Å². The summed E-state index contributed by atoms with van der Waals surface area (Å²) in [6.45, 7) is 0.566. The van der Waals surface area contributed by atoms with E-state index in [1.54, 1.807) is 0 Å². The number of nitrogens with zero attached hydrogens (tertiary/aromatic N) is 1. The zero-order valence-corrected chi connectivity index (χ0v) is 10.8. The van der Waals surface area contributed by atoms with E-state index in [9.17, 15) is 13.2 Å². The van der Waals surface area contributed by atoms with E-state index in [2.05, 4.69) is 0 Å². The van der Waals surface area contributed by atoms with Gasteiger partial charge in [-0.3, -0.25) is 4.90 Å². The minimum Gasteiger partial charge on any atom is -0.330 e. The lowest BCUT2D eigenvalue weighted by molar-refractivity contribution is -0.149. The molecule has 5 heteroatoms. The molecule has 106 valence electrons. The topological polar surface area (TPSA) is 29.3 Å². The summed E-state index contributed by atoms with van der Waals surface area (Å²) in [5.74, 6) is 0. The van der Waals surface area contributed by atoms with E-state index in [-0.39, 0.29) is 5.41 Å². The van der Waals surface area contributed by atoms with Crippen molar-refractivity contribution in [2.24, 2.45) is 5.73 Å². The largest absolute Gasteiger partial charge is 0.401 e. The molecule has 0 radical (unpaired) electrons. The van der Waals surface area contributed by atoms with E-state index in [0.29, 0.717) is 32.5 Å². The first-order valence-electron chi connectivity index (χ1n) is 6.50. The number of hydrogen-bond acceptors (Lipinski definition) is 2. The summed E-state index contributed by atoms with van der Waals surface area (Å²) in [5.41, 5.74) is 6.88. The zero-order chi connectivity index (χ0) is 13.9. The summed E-state index contributed by atoms with van der Waals surface area (Å²) in [5, 5.41) is 0. The Morgan fingerprint density at radius 3 is 2.16 bits per heavy atom. The Hall–Kier alpha value is -1.07. The standard InChI is InChI=1S/C14H19F3N2/c15-14(16,17)11-19-8-6-13(10-18,7-9-19)12-4-2-1-3-5-12/h1-5H,6-11,18H2. The highest BCUT2D eigenvalue weighted by atomic mass is 19.4. The highest BCUT2D eigenvalue weighted by molar-refractivity contribution is 5.26. The highest BCUT2D eigenvalue weighted by Gasteiger charge is 2.38. The summed E-state index contributed by atoms with van der Waals surface area (Å²) < 4.78 is 37.1. The smallest absolute Gasteiger partial charge is 0.330 e. The Balaban J connectivity index is 2.04. The average Bonchev–Trinajstić information content (AvgIpc) is 2.39. The molecular weight excluding hydrogens is 253 g/mol. The van der Waals surface area contributed by atoms with Crippen molar-refractivity contribution in [2.75, 3.05) is 26.2 Å². The predicted octanol–water partition coefficient (Wildman–Crippen LogP) is 2.54. The molecule has 2 nitrogen and oxygen atoms in total. The van der Waals surface area contributed by atoms with Gasteiger partial charge in [0.1, 0.15) is 0 Å². The third kappa shape index (κ3) is 3.48. The summed E-state index contributed by atoms with van der Waals surface area (Å²) >= 11 is 0. The Morgan fingerprint density at radius 1 is 1.11 bits per heavy atom. The number of alkyl halides is 3. The van der Waals surface area contributed by atoms with Crippen molar-refractivity contribution < 1.29 is 13.2 Å². The molecule has 1 fully saturated rings. The number of hydrogen-bond donors (Lipinski definition) is 1. The van der Waals surface area contributed by atoms with Gasteiger partial charge in [0.15, 0.2) is 0 Å². The molecule has 1 aromatic rings. The van der Waals surface area contributed by atoms with Gasteiger partial charge in [0, 0.05) is 12.0 Å². The van der Waals surface area contributed by atoms with Crippen LogP contribution in [-0.2, 0) is 5.41 Å². The molecule has 2 rings (SSSR count). The van der Waals surface area contributed by atoms with Crippen LogP contribution in [0.1, 0.15) is 18.4 Å². The van der Waals surface area contributed by atoms with Crippen LogP contribution in [0.3, 0.4) is 0 Å². The SMILES string of the molecule is NCC1(c2ccccc2)CCN(CC(F)(F)F)CC1. The van der Waals surface area contributed by atoms with Gasteiger partial charge in [-0.2, -0.15) is 13.2 Å². The number of halogens is 3. The maximum atomic E-state index is 12.4. The van der Waals surface area contributed by atoms with E-state index >= 15 is 0 Å². The van der Waals surface area contributed by atoms with Gasteiger partial charge in [-0.15, -0.1) is 0 Å².